The third kappa shape index (κ3) is 3.99. The highest BCUT2D eigenvalue weighted by molar-refractivity contribution is 8.14. The van der Waals surface area contributed by atoms with Gasteiger partial charge in [-0.2, -0.15) is 0 Å². The molecular weight excluding hydrogens is 268 g/mol. The standard InChI is InChI=1S/C14H21ClO2S/c1-5-12-6-8-13(9-7-12)14(3,4)10-11(2)18(15,16)17/h6-9,11H,5,10H2,1-4H3. The van der Waals surface area contributed by atoms with Crippen LogP contribution < -0.4 is 0 Å². The first kappa shape index (κ1) is 15.5. The van der Waals surface area contributed by atoms with Crippen molar-refractivity contribution >= 4 is 19.7 Å². The Hall–Kier alpha value is -0.540. The lowest BCUT2D eigenvalue weighted by molar-refractivity contribution is 0.467. The van der Waals surface area contributed by atoms with E-state index in [1.807, 2.05) is 13.8 Å². The molecule has 0 aliphatic rings. The van der Waals surface area contributed by atoms with E-state index in [2.05, 4.69) is 31.2 Å². The molecule has 18 heavy (non-hydrogen) atoms. The zero-order chi connectivity index (χ0) is 14.0. The monoisotopic (exact) mass is 288 g/mol. The van der Waals surface area contributed by atoms with Gasteiger partial charge < -0.3 is 0 Å². The molecule has 4 heteroatoms. The van der Waals surface area contributed by atoms with Gasteiger partial charge in [0.2, 0.25) is 9.05 Å². The number of hydrogen-bond acceptors (Lipinski definition) is 2. The maximum Gasteiger partial charge on any atom is 0.235 e. The Bertz CT molecular complexity index is 489. The van der Waals surface area contributed by atoms with Gasteiger partial charge in [-0.25, -0.2) is 8.42 Å². The number of hydrogen-bond donors (Lipinski definition) is 0. The third-order valence-electron chi connectivity index (χ3n) is 3.42. The van der Waals surface area contributed by atoms with Crippen LogP contribution in [0.15, 0.2) is 24.3 Å². The lowest BCUT2D eigenvalue weighted by Gasteiger charge is -2.27. The maximum absolute atomic E-state index is 11.3. The van der Waals surface area contributed by atoms with E-state index < -0.39 is 14.3 Å². The molecule has 0 aliphatic heterocycles. The molecule has 0 saturated heterocycles. The molecule has 1 unspecified atom stereocenters. The zero-order valence-corrected chi connectivity index (χ0v) is 13.0. The smallest absolute Gasteiger partial charge is 0.212 e. The summed E-state index contributed by atoms with van der Waals surface area (Å²) in [6.07, 6.45) is 1.53. The molecule has 0 aromatic heterocycles. The summed E-state index contributed by atoms with van der Waals surface area (Å²) < 4.78 is 22.6. The summed E-state index contributed by atoms with van der Waals surface area (Å²) in [5, 5.41) is -0.542. The van der Waals surface area contributed by atoms with E-state index in [0.29, 0.717) is 6.42 Å². The Morgan fingerprint density at radius 3 is 2.11 bits per heavy atom. The Kier molecular flexibility index (Phi) is 4.84. The molecule has 0 radical (unpaired) electrons. The number of halogens is 1. The van der Waals surface area contributed by atoms with Crippen molar-refractivity contribution in [1.29, 1.82) is 0 Å². The molecule has 1 aromatic rings. The van der Waals surface area contributed by atoms with Crippen molar-refractivity contribution in [3.8, 4) is 0 Å². The predicted octanol–water partition coefficient (Wildman–Crippen LogP) is 3.87. The summed E-state index contributed by atoms with van der Waals surface area (Å²) >= 11 is 0. The lowest BCUT2D eigenvalue weighted by atomic mass is 9.80. The van der Waals surface area contributed by atoms with Crippen LogP contribution in [0.2, 0.25) is 0 Å². The highest BCUT2D eigenvalue weighted by Crippen LogP contribution is 2.31. The topological polar surface area (TPSA) is 34.1 Å². The highest BCUT2D eigenvalue weighted by atomic mass is 35.7. The SMILES string of the molecule is CCc1ccc(C(C)(C)CC(C)S(=O)(=O)Cl)cc1. The van der Waals surface area contributed by atoms with Crippen LogP contribution in [0.25, 0.3) is 0 Å². The van der Waals surface area contributed by atoms with Gasteiger partial charge in [-0.1, -0.05) is 45.0 Å². The van der Waals surface area contributed by atoms with E-state index >= 15 is 0 Å². The summed E-state index contributed by atoms with van der Waals surface area (Å²) in [5.41, 5.74) is 2.23. The van der Waals surface area contributed by atoms with Gasteiger partial charge in [0.05, 0.1) is 5.25 Å². The molecule has 1 rings (SSSR count). The molecule has 0 spiro atoms. The highest BCUT2D eigenvalue weighted by Gasteiger charge is 2.28. The molecule has 1 atom stereocenters. The van der Waals surface area contributed by atoms with Crippen LogP contribution >= 0.6 is 10.7 Å². The molecule has 0 amide bonds. The van der Waals surface area contributed by atoms with E-state index in [0.717, 1.165) is 12.0 Å². The van der Waals surface area contributed by atoms with Crippen molar-refractivity contribution in [2.75, 3.05) is 0 Å². The van der Waals surface area contributed by atoms with Crippen LogP contribution in [0.4, 0.5) is 0 Å². The first-order valence-corrected chi connectivity index (χ1v) is 8.57. The van der Waals surface area contributed by atoms with Gasteiger partial charge in [-0.05, 0) is 36.3 Å². The first-order valence-electron chi connectivity index (χ1n) is 6.19. The number of aryl methyl sites for hydroxylation is 1. The van der Waals surface area contributed by atoms with E-state index in [1.54, 1.807) is 6.92 Å². The second-order valence-corrected chi connectivity index (χ2v) is 8.47. The third-order valence-corrected chi connectivity index (χ3v) is 5.46. The van der Waals surface area contributed by atoms with Crippen LogP contribution in [0, 0.1) is 0 Å². The van der Waals surface area contributed by atoms with Gasteiger partial charge >= 0.3 is 0 Å². The summed E-state index contributed by atoms with van der Waals surface area (Å²) in [6.45, 7) is 7.87. The Morgan fingerprint density at radius 2 is 1.72 bits per heavy atom. The summed E-state index contributed by atoms with van der Waals surface area (Å²) in [6, 6.07) is 8.34. The van der Waals surface area contributed by atoms with Gasteiger partial charge in [-0.15, -0.1) is 0 Å². The minimum absolute atomic E-state index is 0.201. The van der Waals surface area contributed by atoms with Crippen molar-refractivity contribution in [2.45, 2.75) is 51.2 Å². The largest absolute Gasteiger partial charge is 0.235 e. The van der Waals surface area contributed by atoms with E-state index in [4.69, 9.17) is 10.7 Å². The van der Waals surface area contributed by atoms with Crippen LogP contribution in [0.3, 0.4) is 0 Å². The van der Waals surface area contributed by atoms with E-state index in [9.17, 15) is 8.42 Å². The molecule has 1 aromatic carbocycles. The summed E-state index contributed by atoms with van der Waals surface area (Å²) in [7, 11) is 1.91. The van der Waals surface area contributed by atoms with Crippen LogP contribution in [-0.2, 0) is 20.9 Å². The molecule has 0 bridgehead atoms. The zero-order valence-electron chi connectivity index (χ0n) is 11.4. The second kappa shape index (κ2) is 5.62. The van der Waals surface area contributed by atoms with Crippen molar-refractivity contribution in [3.05, 3.63) is 35.4 Å². The first-order chi connectivity index (χ1) is 8.16. The average molecular weight is 289 g/mol. The van der Waals surface area contributed by atoms with Gasteiger partial charge in [0.25, 0.3) is 0 Å². The van der Waals surface area contributed by atoms with Gasteiger partial charge in [0.15, 0.2) is 0 Å². The lowest BCUT2D eigenvalue weighted by Crippen LogP contribution is -2.26. The summed E-state index contributed by atoms with van der Waals surface area (Å²) in [5.74, 6) is 0. The van der Waals surface area contributed by atoms with Crippen LogP contribution in [-0.4, -0.2) is 13.7 Å². The summed E-state index contributed by atoms with van der Waals surface area (Å²) in [4.78, 5) is 0. The average Bonchev–Trinajstić information content (AvgIpc) is 2.27. The maximum atomic E-state index is 11.3. The van der Waals surface area contributed by atoms with Crippen molar-refractivity contribution in [1.82, 2.24) is 0 Å². The van der Waals surface area contributed by atoms with E-state index in [1.165, 1.54) is 5.56 Å². The fraction of sp³-hybridized carbons (Fsp3) is 0.571. The van der Waals surface area contributed by atoms with Crippen LogP contribution in [0.1, 0.15) is 45.2 Å². The van der Waals surface area contributed by atoms with Crippen molar-refractivity contribution in [2.24, 2.45) is 0 Å². The molecule has 0 N–H and O–H groups in total. The van der Waals surface area contributed by atoms with Crippen molar-refractivity contribution in [3.63, 3.8) is 0 Å². The number of benzene rings is 1. The minimum Gasteiger partial charge on any atom is -0.212 e. The minimum atomic E-state index is -3.48. The quantitative estimate of drug-likeness (QED) is 0.771. The second-order valence-electron chi connectivity index (χ2n) is 5.42. The fourth-order valence-corrected chi connectivity index (χ4v) is 2.93. The molecular formula is C14H21ClO2S. The molecule has 102 valence electrons. The van der Waals surface area contributed by atoms with Gasteiger partial charge in [0.1, 0.15) is 0 Å². The fourth-order valence-electron chi connectivity index (χ4n) is 2.13. The molecule has 0 fully saturated rings. The van der Waals surface area contributed by atoms with Crippen LogP contribution in [0.5, 0.6) is 0 Å². The Labute approximate surface area is 115 Å². The molecule has 0 aliphatic carbocycles. The normalized spacial score (nSPS) is 14.5. The predicted molar refractivity (Wildman–Crippen MR) is 77.7 cm³/mol. The Balaban J connectivity index is 2.91. The number of rotatable bonds is 5. The Morgan fingerprint density at radius 1 is 1.22 bits per heavy atom. The van der Waals surface area contributed by atoms with E-state index in [-0.39, 0.29) is 5.41 Å². The molecule has 0 heterocycles. The van der Waals surface area contributed by atoms with Crippen molar-refractivity contribution < 1.29 is 8.42 Å². The van der Waals surface area contributed by atoms with Gasteiger partial charge in [0, 0.05) is 10.7 Å². The molecule has 0 saturated carbocycles. The van der Waals surface area contributed by atoms with Gasteiger partial charge in [-0.3, -0.25) is 0 Å². The molecule has 2 nitrogen and oxygen atoms in total.